The van der Waals surface area contributed by atoms with Gasteiger partial charge in [0.2, 0.25) is 0 Å². The first kappa shape index (κ1) is 28.3. The summed E-state index contributed by atoms with van der Waals surface area (Å²) in [5.41, 5.74) is 1.72. The van der Waals surface area contributed by atoms with Crippen LogP contribution in [0.2, 0.25) is 15.1 Å². The lowest BCUT2D eigenvalue weighted by molar-refractivity contribution is 0.0967. The largest absolute Gasteiger partial charge is 0.326 e. The minimum absolute atomic E-state index is 0.0129. The van der Waals surface area contributed by atoms with Crippen LogP contribution in [0.4, 0.5) is 26.7 Å². The zero-order chi connectivity index (χ0) is 26.8. The van der Waals surface area contributed by atoms with E-state index in [0.717, 1.165) is 31.4 Å². The number of imide groups is 1. The molecule has 0 atom stereocenters. The van der Waals surface area contributed by atoms with Gasteiger partial charge in [0.25, 0.3) is 5.91 Å². The molecule has 0 saturated carbocycles. The SMILES string of the molecule is CCCCCCN(C(=O)Nc1ccc(NC(=O)NC(=O)c2c(Cl)cccc2Cl)cc1)c1ccc(Cl)cc1. The maximum Gasteiger partial charge on any atom is 0.326 e. The first-order valence-corrected chi connectivity index (χ1v) is 12.9. The molecule has 3 N–H and O–H groups in total. The molecule has 0 unspecified atom stereocenters. The second kappa shape index (κ2) is 13.9. The number of carbonyl (C=O) groups excluding carboxylic acids is 3. The fraction of sp³-hybridized carbons (Fsp3) is 0.222. The fourth-order valence-electron chi connectivity index (χ4n) is 3.54. The highest BCUT2D eigenvalue weighted by Crippen LogP contribution is 2.24. The van der Waals surface area contributed by atoms with Crippen LogP contribution in [0.5, 0.6) is 0 Å². The molecule has 0 saturated heterocycles. The number of nitrogens with zero attached hydrogens (tertiary/aromatic N) is 1. The van der Waals surface area contributed by atoms with Gasteiger partial charge in [-0.1, -0.05) is 67.1 Å². The second-order valence-electron chi connectivity index (χ2n) is 8.20. The number of hydrogen-bond donors (Lipinski definition) is 3. The summed E-state index contributed by atoms with van der Waals surface area (Å²) in [6, 6.07) is 17.2. The Morgan fingerprint density at radius 1 is 0.757 bits per heavy atom. The average molecular weight is 562 g/mol. The van der Waals surface area contributed by atoms with Crippen LogP contribution in [0.25, 0.3) is 0 Å². The van der Waals surface area contributed by atoms with E-state index >= 15 is 0 Å². The number of urea groups is 2. The minimum atomic E-state index is -0.751. The molecule has 0 fully saturated rings. The van der Waals surface area contributed by atoms with E-state index in [0.29, 0.717) is 22.9 Å². The van der Waals surface area contributed by atoms with E-state index in [2.05, 4.69) is 22.9 Å². The molecule has 0 spiro atoms. The lowest BCUT2D eigenvalue weighted by Gasteiger charge is -2.23. The Labute approximate surface area is 231 Å². The highest BCUT2D eigenvalue weighted by atomic mass is 35.5. The number of halogens is 3. The molecular weight excluding hydrogens is 535 g/mol. The van der Waals surface area contributed by atoms with Gasteiger partial charge in [-0.3, -0.25) is 15.0 Å². The maximum atomic E-state index is 13.1. The summed E-state index contributed by atoms with van der Waals surface area (Å²) in [6.07, 6.45) is 4.12. The van der Waals surface area contributed by atoms with Crippen LogP contribution in [0.3, 0.4) is 0 Å². The number of carbonyl (C=O) groups is 3. The van der Waals surface area contributed by atoms with Gasteiger partial charge in [-0.15, -0.1) is 0 Å². The van der Waals surface area contributed by atoms with E-state index < -0.39 is 11.9 Å². The molecule has 37 heavy (non-hydrogen) atoms. The second-order valence-corrected chi connectivity index (χ2v) is 9.45. The first-order chi connectivity index (χ1) is 17.8. The molecule has 0 bridgehead atoms. The predicted octanol–water partition coefficient (Wildman–Crippen LogP) is 8.23. The van der Waals surface area contributed by atoms with E-state index in [1.165, 1.54) is 12.1 Å². The molecule has 0 aliphatic carbocycles. The molecule has 5 amide bonds. The number of anilines is 3. The van der Waals surface area contributed by atoms with Gasteiger partial charge in [0, 0.05) is 28.6 Å². The van der Waals surface area contributed by atoms with Crippen LogP contribution in [-0.2, 0) is 0 Å². The molecule has 10 heteroatoms. The van der Waals surface area contributed by atoms with Crippen LogP contribution in [0, 0.1) is 0 Å². The lowest BCUT2D eigenvalue weighted by Crippen LogP contribution is -2.36. The molecule has 7 nitrogen and oxygen atoms in total. The summed E-state index contributed by atoms with van der Waals surface area (Å²) >= 11 is 18.0. The van der Waals surface area contributed by atoms with Crippen molar-refractivity contribution in [2.75, 3.05) is 22.1 Å². The van der Waals surface area contributed by atoms with Gasteiger partial charge in [0.1, 0.15) is 0 Å². The van der Waals surface area contributed by atoms with Gasteiger partial charge in [0.05, 0.1) is 15.6 Å². The van der Waals surface area contributed by atoms with E-state index in [1.54, 1.807) is 47.4 Å². The average Bonchev–Trinajstić information content (AvgIpc) is 2.86. The van der Waals surface area contributed by atoms with Crippen LogP contribution < -0.4 is 20.9 Å². The Balaban J connectivity index is 1.60. The van der Waals surface area contributed by atoms with Gasteiger partial charge >= 0.3 is 12.1 Å². The Morgan fingerprint density at radius 2 is 1.35 bits per heavy atom. The molecule has 0 aromatic heterocycles. The summed E-state index contributed by atoms with van der Waals surface area (Å²) in [6.45, 7) is 2.70. The topological polar surface area (TPSA) is 90.5 Å². The molecule has 0 aliphatic rings. The normalized spacial score (nSPS) is 10.5. The lowest BCUT2D eigenvalue weighted by atomic mass is 10.2. The van der Waals surface area contributed by atoms with Crippen molar-refractivity contribution in [2.45, 2.75) is 32.6 Å². The third-order valence-electron chi connectivity index (χ3n) is 5.43. The minimum Gasteiger partial charge on any atom is -0.308 e. The Kier molecular flexibility index (Phi) is 10.6. The zero-order valence-electron chi connectivity index (χ0n) is 20.2. The van der Waals surface area contributed by atoms with Crippen LogP contribution >= 0.6 is 34.8 Å². The molecule has 3 rings (SSSR count). The molecule has 0 radical (unpaired) electrons. The summed E-state index contributed by atoms with van der Waals surface area (Å²) in [7, 11) is 0. The van der Waals surface area contributed by atoms with E-state index in [-0.39, 0.29) is 21.6 Å². The molecule has 3 aromatic carbocycles. The summed E-state index contributed by atoms with van der Waals surface area (Å²) in [5, 5.41) is 8.51. The molecule has 0 heterocycles. The summed E-state index contributed by atoms with van der Waals surface area (Å²) in [4.78, 5) is 39.4. The number of benzene rings is 3. The van der Waals surface area contributed by atoms with Crippen LogP contribution in [0.15, 0.2) is 66.7 Å². The van der Waals surface area contributed by atoms with Gasteiger partial charge < -0.3 is 10.6 Å². The highest BCUT2D eigenvalue weighted by molar-refractivity contribution is 6.40. The van der Waals surface area contributed by atoms with Crippen molar-refractivity contribution in [1.82, 2.24) is 5.32 Å². The quantitative estimate of drug-likeness (QED) is 0.230. The first-order valence-electron chi connectivity index (χ1n) is 11.8. The smallest absolute Gasteiger partial charge is 0.308 e. The number of hydrogen-bond acceptors (Lipinski definition) is 3. The van der Waals surface area contributed by atoms with E-state index in [9.17, 15) is 14.4 Å². The highest BCUT2D eigenvalue weighted by Gasteiger charge is 2.18. The van der Waals surface area contributed by atoms with Crippen molar-refractivity contribution < 1.29 is 14.4 Å². The summed E-state index contributed by atoms with van der Waals surface area (Å²) < 4.78 is 0. The van der Waals surface area contributed by atoms with E-state index in [1.807, 2.05) is 12.1 Å². The monoisotopic (exact) mass is 560 g/mol. The van der Waals surface area contributed by atoms with Crippen molar-refractivity contribution in [1.29, 1.82) is 0 Å². The number of unbranched alkanes of at least 4 members (excludes halogenated alkanes) is 3. The maximum absolute atomic E-state index is 13.1. The van der Waals surface area contributed by atoms with Gasteiger partial charge in [-0.2, -0.15) is 0 Å². The zero-order valence-corrected chi connectivity index (χ0v) is 22.5. The Morgan fingerprint density at radius 3 is 1.95 bits per heavy atom. The van der Waals surface area contributed by atoms with Crippen molar-refractivity contribution in [3.05, 3.63) is 87.4 Å². The van der Waals surface area contributed by atoms with Crippen molar-refractivity contribution in [3.63, 3.8) is 0 Å². The fourth-order valence-corrected chi connectivity index (χ4v) is 4.23. The number of nitrogens with one attached hydrogen (secondary N) is 3. The van der Waals surface area contributed by atoms with Crippen LogP contribution in [0.1, 0.15) is 43.0 Å². The van der Waals surface area contributed by atoms with E-state index in [4.69, 9.17) is 34.8 Å². The standard InChI is InChI=1S/C27H27Cl3N4O3/c1-2-3-4-5-17-34(21-15-9-18(28)10-16-21)27(37)32-20-13-11-19(12-14-20)31-26(36)33-25(35)24-22(29)7-6-8-23(24)30/h6-16H,2-5,17H2,1H3,(H,32,37)(H2,31,33,35,36). The summed E-state index contributed by atoms with van der Waals surface area (Å²) in [5.74, 6) is -0.724. The molecular formula is C27H27Cl3N4O3. The molecule has 194 valence electrons. The molecule has 0 aliphatic heterocycles. The third-order valence-corrected chi connectivity index (χ3v) is 6.31. The number of rotatable bonds is 9. The predicted molar refractivity (Wildman–Crippen MR) is 151 cm³/mol. The van der Waals surface area contributed by atoms with Gasteiger partial charge in [-0.05, 0) is 67.1 Å². The van der Waals surface area contributed by atoms with Crippen molar-refractivity contribution >= 4 is 69.8 Å². The number of amides is 5. The van der Waals surface area contributed by atoms with Gasteiger partial charge in [0.15, 0.2) is 0 Å². The van der Waals surface area contributed by atoms with Crippen molar-refractivity contribution in [2.24, 2.45) is 0 Å². The molecule has 3 aromatic rings. The Hall–Kier alpha value is -3.26. The third kappa shape index (κ3) is 8.39. The van der Waals surface area contributed by atoms with Crippen molar-refractivity contribution in [3.8, 4) is 0 Å². The Bertz CT molecular complexity index is 1210. The van der Waals surface area contributed by atoms with Crippen LogP contribution in [-0.4, -0.2) is 24.5 Å². The van der Waals surface area contributed by atoms with Gasteiger partial charge in [-0.25, -0.2) is 9.59 Å².